The Morgan fingerprint density at radius 1 is 1.11 bits per heavy atom. The highest BCUT2D eigenvalue weighted by Gasteiger charge is 2.09. The van der Waals surface area contributed by atoms with Crippen LogP contribution >= 0.6 is 11.6 Å². The molecule has 3 heteroatoms. The topological polar surface area (TPSA) is 23.5 Å². The van der Waals surface area contributed by atoms with Gasteiger partial charge in [0, 0.05) is 29.0 Å². The number of hydrogen-bond acceptors (Lipinski definition) is 2. The zero-order valence-corrected chi connectivity index (χ0v) is 11.3. The Kier molecular flexibility index (Phi) is 3.90. The average Bonchev–Trinajstić information content (AvgIpc) is 2.38. The lowest BCUT2D eigenvalue weighted by Gasteiger charge is -2.22. The highest BCUT2D eigenvalue weighted by Crippen LogP contribution is 2.29. The summed E-state index contributed by atoms with van der Waals surface area (Å²) < 4.78 is 0. The SMILES string of the molecule is Cc1ccc(N(C)c2ccc(Cl)cc2CO)cc1. The van der Waals surface area contributed by atoms with E-state index in [-0.39, 0.29) is 6.61 Å². The molecule has 0 aromatic heterocycles. The first kappa shape index (κ1) is 12.9. The molecule has 2 aromatic carbocycles. The summed E-state index contributed by atoms with van der Waals surface area (Å²) in [6.45, 7) is 2.04. The summed E-state index contributed by atoms with van der Waals surface area (Å²) in [4.78, 5) is 2.04. The van der Waals surface area contributed by atoms with E-state index in [1.54, 1.807) is 6.07 Å². The summed E-state index contributed by atoms with van der Waals surface area (Å²) >= 11 is 5.94. The lowest BCUT2D eigenvalue weighted by molar-refractivity contribution is 0.282. The molecule has 94 valence electrons. The molecule has 0 spiro atoms. The Morgan fingerprint density at radius 3 is 2.39 bits per heavy atom. The molecule has 0 saturated carbocycles. The van der Waals surface area contributed by atoms with E-state index in [1.165, 1.54) is 5.56 Å². The van der Waals surface area contributed by atoms with E-state index >= 15 is 0 Å². The van der Waals surface area contributed by atoms with Crippen molar-refractivity contribution in [1.29, 1.82) is 0 Å². The number of aryl methyl sites for hydroxylation is 1. The van der Waals surface area contributed by atoms with Crippen molar-refractivity contribution in [2.75, 3.05) is 11.9 Å². The van der Waals surface area contributed by atoms with Gasteiger partial charge in [-0.1, -0.05) is 29.3 Å². The Hall–Kier alpha value is -1.51. The van der Waals surface area contributed by atoms with Crippen LogP contribution in [0.1, 0.15) is 11.1 Å². The average molecular weight is 262 g/mol. The molecule has 0 heterocycles. The van der Waals surface area contributed by atoms with Crippen LogP contribution in [0.25, 0.3) is 0 Å². The first-order valence-corrected chi connectivity index (χ1v) is 6.19. The summed E-state index contributed by atoms with van der Waals surface area (Å²) in [5.74, 6) is 0. The first-order chi connectivity index (χ1) is 8.61. The molecule has 2 rings (SSSR count). The van der Waals surface area contributed by atoms with Gasteiger partial charge in [0.15, 0.2) is 0 Å². The number of nitrogens with zero attached hydrogens (tertiary/aromatic N) is 1. The molecule has 0 radical (unpaired) electrons. The number of benzene rings is 2. The smallest absolute Gasteiger partial charge is 0.0702 e. The van der Waals surface area contributed by atoms with Gasteiger partial charge in [0.25, 0.3) is 0 Å². The number of hydrogen-bond donors (Lipinski definition) is 1. The second-order valence-corrected chi connectivity index (χ2v) is 4.76. The van der Waals surface area contributed by atoms with Crippen LogP contribution in [0.15, 0.2) is 42.5 Å². The number of aliphatic hydroxyl groups excluding tert-OH is 1. The van der Waals surface area contributed by atoms with Crippen molar-refractivity contribution in [1.82, 2.24) is 0 Å². The fourth-order valence-electron chi connectivity index (χ4n) is 1.92. The van der Waals surface area contributed by atoms with E-state index in [0.29, 0.717) is 5.02 Å². The molecule has 0 amide bonds. The Bertz CT molecular complexity index is 537. The van der Waals surface area contributed by atoms with Gasteiger partial charge in [-0.15, -0.1) is 0 Å². The predicted molar refractivity (Wildman–Crippen MR) is 76.6 cm³/mol. The molecule has 1 N–H and O–H groups in total. The third-order valence-electron chi connectivity index (χ3n) is 2.99. The van der Waals surface area contributed by atoms with Gasteiger partial charge in [-0.05, 0) is 37.3 Å². The third kappa shape index (κ3) is 2.66. The van der Waals surface area contributed by atoms with Crippen LogP contribution in [0.5, 0.6) is 0 Å². The summed E-state index contributed by atoms with van der Waals surface area (Å²) in [6, 6.07) is 13.8. The molecule has 18 heavy (non-hydrogen) atoms. The molecule has 0 fully saturated rings. The lowest BCUT2D eigenvalue weighted by Crippen LogP contribution is -2.11. The standard InChI is InChI=1S/C15H16ClNO/c1-11-3-6-14(7-4-11)17(2)15-8-5-13(16)9-12(15)10-18/h3-9,18H,10H2,1-2H3. The van der Waals surface area contributed by atoms with Crippen LogP contribution in [0.4, 0.5) is 11.4 Å². The monoisotopic (exact) mass is 261 g/mol. The molecule has 0 aliphatic carbocycles. The predicted octanol–water partition coefficient (Wildman–Crippen LogP) is 3.91. The van der Waals surface area contributed by atoms with Crippen molar-refractivity contribution in [3.63, 3.8) is 0 Å². The van der Waals surface area contributed by atoms with Crippen molar-refractivity contribution in [2.45, 2.75) is 13.5 Å². The normalized spacial score (nSPS) is 10.4. The molecule has 0 saturated heterocycles. The van der Waals surface area contributed by atoms with E-state index < -0.39 is 0 Å². The molecule has 0 aliphatic rings. The van der Waals surface area contributed by atoms with Gasteiger partial charge in [0.2, 0.25) is 0 Å². The fraction of sp³-hybridized carbons (Fsp3) is 0.200. The van der Waals surface area contributed by atoms with Crippen LogP contribution < -0.4 is 4.90 Å². The zero-order valence-electron chi connectivity index (χ0n) is 10.5. The molecular weight excluding hydrogens is 246 g/mol. The van der Waals surface area contributed by atoms with Gasteiger partial charge in [-0.3, -0.25) is 0 Å². The van der Waals surface area contributed by atoms with Crippen LogP contribution in [-0.4, -0.2) is 12.2 Å². The van der Waals surface area contributed by atoms with E-state index in [0.717, 1.165) is 16.9 Å². The second-order valence-electron chi connectivity index (χ2n) is 4.33. The lowest BCUT2D eigenvalue weighted by atomic mass is 10.1. The molecule has 0 bridgehead atoms. The summed E-state index contributed by atoms with van der Waals surface area (Å²) in [6.07, 6.45) is 0. The van der Waals surface area contributed by atoms with Crippen LogP contribution in [0.3, 0.4) is 0 Å². The van der Waals surface area contributed by atoms with Gasteiger partial charge in [-0.2, -0.15) is 0 Å². The number of anilines is 2. The van der Waals surface area contributed by atoms with Crippen LogP contribution in [0, 0.1) is 6.92 Å². The molecule has 0 unspecified atom stereocenters. The van der Waals surface area contributed by atoms with Gasteiger partial charge >= 0.3 is 0 Å². The maximum atomic E-state index is 9.40. The van der Waals surface area contributed by atoms with Crippen molar-refractivity contribution < 1.29 is 5.11 Å². The quantitative estimate of drug-likeness (QED) is 0.906. The minimum Gasteiger partial charge on any atom is -0.392 e. The number of halogens is 1. The molecule has 0 aliphatic heterocycles. The van der Waals surface area contributed by atoms with Crippen molar-refractivity contribution >= 4 is 23.0 Å². The molecule has 2 nitrogen and oxygen atoms in total. The minimum atomic E-state index is -0.0217. The fourth-order valence-corrected chi connectivity index (χ4v) is 2.11. The number of rotatable bonds is 3. The van der Waals surface area contributed by atoms with Gasteiger partial charge < -0.3 is 10.0 Å². The van der Waals surface area contributed by atoms with Gasteiger partial charge in [0.05, 0.1) is 6.61 Å². The van der Waals surface area contributed by atoms with Crippen molar-refractivity contribution in [3.8, 4) is 0 Å². The maximum Gasteiger partial charge on any atom is 0.0702 e. The minimum absolute atomic E-state index is 0.0217. The molecule has 2 aromatic rings. The molecule has 0 atom stereocenters. The van der Waals surface area contributed by atoms with E-state index in [4.69, 9.17) is 11.6 Å². The summed E-state index contributed by atoms with van der Waals surface area (Å²) in [5, 5.41) is 10.0. The Labute approximate surface area is 112 Å². The zero-order chi connectivity index (χ0) is 13.1. The largest absolute Gasteiger partial charge is 0.392 e. The van der Waals surface area contributed by atoms with Gasteiger partial charge in [0.1, 0.15) is 0 Å². The van der Waals surface area contributed by atoms with E-state index in [1.807, 2.05) is 24.1 Å². The van der Waals surface area contributed by atoms with E-state index in [9.17, 15) is 5.11 Å². The third-order valence-corrected chi connectivity index (χ3v) is 3.23. The van der Waals surface area contributed by atoms with E-state index in [2.05, 4.69) is 31.2 Å². The van der Waals surface area contributed by atoms with Gasteiger partial charge in [-0.25, -0.2) is 0 Å². The highest BCUT2D eigenvalue weighted by molar-refractivity contribution is 6.30. The van der Waals surface area contributed by atoms with Crippen LogP contribution in [-0.2, 0) is 6.61 Å². The van der Waals surface area contributed by atoms with Crippen LogP contribution in [0.2, 0.25) is 5.02 Å². The second kappa shape index (κ2) is 5.42. The summed E-state index contributed by atoms with van der Waals surface area (Å²) in [7, 11) is 1.98. The Balaban J connectivity index is 2.39. The Morgan fingerprint density at radius 2 is 1.78 bits per heavy atom. The highest BCUT2D eigenvalue weighted by atomic mass is 35.5. The molecular formula is C15H16ClNO. The maximum absolute atomic E-state index is 9.40. The van der Waals surface area contributed by atoms with Crippen molar-refractivity contribution in [3.05, 3.63) is 58.6 Å². The number of aliphatic hydroxyl groups is 1. The first-order valence-electron chi connectivity index (χ1n) is 5.81. The van der Waals surface area contributed by atoms with Crippen molar-refractivity contribution in [2.24, 2.45) is 0 Å². The summed E-state index contributed by atoms with van der Waals surface area (Å²) in [5.41, 5.74) is 4.10.